The molecule has 0 aliphatic heterocycles. The van der Waals surface area contributed by atoms with Crippen LogP contribution in [-0.2, 0) is 12.8 Å². The monoisotopic (exact) mass is 207 g/mol. The van der Waals surface area contributed by atoms with Crippen molar-refractivity contribution < 1.29 is 5.11 Å². The predicted molar refractivity (Wildman–Crippen MR) is 58.8 cm³/mol. The smallest absolute Gasteiger partial charge is 0.133 e. The molecule has 1 atom stereocenters. The molecule has 0 bridgehead atoms. The van der Waals surface area contributed by atoms with Crippen LogP contribution in [-0.4, -0.2) is 27.7 Å². The van der Waals surface area contributed by atoms with Crippen LogP contribution in [0.15, 0.2) is 6.33 Å². The molecule has 15 heavy (non-hydrogen) atoms. The number of nitrogens with zero attached hydrogens (tertiary/aromatic N) is 2. The summed E-state index contributed by atoms with van der Waals surface area (Å²) >= 11 is 0. The van der Waals surface area contributed by atoms with E-state index in [2.05, 4.69) is 15.3 Å². The second kappa shape index (κ2) is 4.57. The first kappa shape index (κ1) is 10.4. The molecule has 1 heterocycles. The fraction of sp³-hybridized carbons (Fsp3) is 0.636. The SMILES string of the molecule is CC(CO)Nc1ncnc2c1CCCC2. The maximum Gasteiger partial charge on any atom is 0.133 e. The van der Waals surface area contributed by atoms with Crippen LogP contribution in [0.2, 0.25) is 0 Å². The molecule has 1 aromatic heterocycles. The summed E-state index contributed by atoms with van der Waals surface area (Å²) in [5, 5.41) is 12.2. The summed E-state index contributed by atoms with van der Waals surface area (Å²) in [6, 6.07) is 0.0472. The van der Waals surface area contributed by atoms with Crippen LogP contribution in [0.25, 0.3) is 0 Å². The minimum atomic E-state index is 0.0472. The molecule has 1 aromatic rings. The number of hydrogen-bond donors (Lipinski definition) is 2. The van der Waals surface area contributed by atoms with E-state index in [0.717, 1.165) is 18.7 Å². The minimum absolute atomic E-state index is 0.0472. The molecule has 2 N–H and O–H groups in total. The molecule has 82 valence electrons. The highest BCUT2D eigenvalue weighted by molar-refractivity contribution is 5.47. The molecule has 4 heteroatoms. The van der Waals surface area contributed by atoms with Crippen molar-refractivity contribution in [2.24, 2.45) is 0 Å². The zero-order chi connectivity index (χ0) is 10.7. The predicted octanol–water partition coefficient (Wildman–Crippen LogP) is 1.15. The Morgan fingerprint density at radius 1 is 1.40 bits per heavy atom. The lowest BCUT2D eigenvalue weighted by atomic mass is 9.96. The molecule has 1 aliphatic carbocycles. The first-order chi connectivity index (χ1) is 7.31. The van der Waals surface area contributed by atoms with Gasteiger partial charge in [-0.3, -0.25) is 0 Å². The van der Waals surface area contributed by atoms with E-state index in [0.29, 0.717) is 0 Å². The lowest BCUT2D eigenvalue weighted by Gasteiger charge is -2.20. The van der Waals surface area contributed by atoms with E-state index in [9.17, 15) is 0 Å². The maximum absolute atomic E-state index is 8.99. The van der Waals surface area contributed by atoms with Crippen LogP contribution in [0.5, 0.6) is 0 Å². The highest BCUT2D eigenvalue weighted by atomic mass is 16.3. The Morgan fingerprint density at radius 3 is 3.00 bits per heavy atom. The first-order valence-electron chi connectivity index (χ1n) is 5.51. The van der Waals surface area contributed by atoms with Gasteiger partial charge in [0, 0.05) is 17.3 Å². The van der Waals surface area contributed by atoms with Crippen molar-refractivity contribution in [2.75, 3.05) is 11.9 Å². The van der Waals surface area contributed by atoms with Gasteiger partial charge in [0.25, 0.3) is 0 Å². The molecule has 0 spiro atoms. The van der Waals surface area contributed by atoms with E-state index in [4.69, 9.17) is 5.11 Å². The van der Waals surface area contributed by atoms with Gasteiger partial charge in [-0.1, -0.05) is 0 Å². The first-order valence-corrected chi connectivity index (χ1v) is 5.51. The van der Waals surface area contributed by atoms with Crippen LogP contribution in [0.4, 0.5) is 5.82 Å². The van der Waals surface area contributed by atoms with Gasteiger partial charge >= 0.3 is 0 Å². The summed E-state index contributed by atoms with van der Waals surface area (Å²) in [7, 11) is 0. The summed E-state index contributed by atoms with van der Waals surface area (Å²) in [5.74, 6) is 0.904. The summed E-state index contributed by atoms with van der Waals surface area (Å²) in [6.07, 6.45) is 6.15. The van der Waals surface area contributed by atoms with Crippen molar-refractivity contribution in [3.05, 3.63) is 17.6 Å². The van der Waals surface area contributed by atoms with Crippen molar-refractivity contribution in [2.45, 2.75) is 38.6 Å². The van der Waals surface area contributed by atoms with Gasteiger partial charge in [-0.05, 0) is 32.6 Å². The fourth-order valence-electron chi connectivity index (χ4n) is 1.92. The average molecular weight is 207 g/mol. The van der Waals surface area contributed by atoms with Gasteiger partial charge in [0.05, 0.1) is 6.61 Å². The molecule has 0 radical (unpaired) electrons. The van der Waals surface area contributed by atoms with Gasteiger partial charge in [0.1, 0.15) is 12.1 Å². The zero-order valence-corrected chi connectivity index (χ0v) is 9.03. The van der Waals surface area contributed by atoms with Crippen molar-refractivity contribution in [3.63, 3.8) is 0 Å². The molecule has 0 aromatic carbocycles. The number of hydrogen-bond acceptors (Lipinski definition) is 4. The molecule has 1 unspecified atom stereocenters. The summed E-state index contributed by atoms with van der Waals surface area (Å²) in [6.45, 7) is 2.07. The Labute approximate surface area is 89.8 Å². The van der Waals surface area contributed by atoms with E-state index in [1.165, 1.54) is 24.1 Å². The van der Waals surface area contributed by atoms with Gasteiger partial charge in [0.2, 0.25) is 0 Å². The van der Waals surface area contributed by atoms with Crippen LogP contribution >= 0.6 is 0 Å². The van der Waals surface area contributed by atoms with E-state index in [1.807, 2.05) is 6.92 Å². The standard InChI is InChI=1S/C11H17N3O/c1-8(6-15)14-11-9-4-2-3-5-10(9)12-7-13-11/h7-8,15H,2-6H2,1H3,(H,12,13,14). The van der Waals surface area contributed by atoms with Crippen molar-refractivity contribution in [1.82, 2.24) is 9.97 Å². The molecule has 2 rings (SSSR count). The number of aromatic nitrogens is 2. The molecule has 4 nitrogen and oxygen atoms in total. The van der Waals surface area contributed by atoms with E-state index in [1.54, 1.807) is 6.33 Å². The normalized spacial score (nSPS) is 16.9. The zero-order valence-electron chi connectivity index (χ0n) is 9.03. The van der Waals surface area contributed by atoms with E-state index < -0.39 is 0 Å². The molecule has 0 saturated heterocycles. The number of fused-ring (bicyclic) bond motifs is 1. The number of rotatable bonds is 3. The number of anilines is 1. The summed E-state index contributed by atoms with van der Waals surface area (Å²) in [4.78, 5) is 8.55. The molecular weight excluding hydrogens is 190 g/mol. The van der Waals surface area contributed by atoms with Crippen LogP contribution < -0.4 is 5.32 Å². The second-order valence-electron chi connectivity index (χ2n) is 4.08. The van der Waals surface area contributed by atoms with Crippen molar-refractivity contribution in [1.29, 1.82) is 0 Å². The number of aliphatic hydroxyl groups excluding tert-OH is 1. The Bertz CT molecular complexity index is 341. The highest BCUT2D eigenvalue weighted by Crippen LogP contribution is 2.24. The maximum atomic E-state index is 8.99. The number of aliphatic hydroxyl groups is 1. The van der Waals surface area contributed by atoms with E-state index >= 15 is 0 Å². The van der Waals surface area contributed by atoms with Gasteiger partial charge in [-0.25, -0.2) is 9.97 Å². The van der Waals surface area contributed by atoms with Gasteiger partial charge < -0.3 is 10.4 Å². The van der Waals surface area contributed by atoms with Crippen LogP contribution in [0, 0.1) is 0 Å². The molecule has 1 aliphatic rings. The Morgan fingerprint density at radius 2 is 2.20 bits per heavy atom. The Hall–Kier alpha value is -1.16. The van der Waals surface area contributed by atoms with Crippen LogP contribution in [0.3, 0.4) is 0 Å². The summed E-state index contributed by atoms with van der Waals surface area (Å²) in [5.41, 5.74) is 2.41. The molecule has 0 saturated carbocycles. The molecular formula is C11H17N3O. The second-order valence-corrected chi connectivity index (χ2v) is 4.08. The largest absolute Gasteiger partial charge is 0.394 e. The topological polar surface area (TPSA) is 58.0 Å². The fourth-order valence-corrected chi connectivity index (χ4v) is 1.92. The summed E-state index contributed by atoms with van der Waals surface area (Å²) < 4.78 is 0. The third-order valence-corrected chi connectivity index (χ3v) is 2.78. The van der Waals surface area contributed by atoms with Gasteiger partial charge in [0.15, 0.2) is 0 Å². The Balaban J connectivity index is 2.23. The average Bonchev–Trinajstić information content (AvgIpc) is 2.29. The van der Waals surface area contributed by atoms with Crippen molar-refractivity contribution >= 4 is 5.82 Å². The third kappa shape index (κ3) is 2.26. The minimum Gasteiger partial charge on any atom is -0.394 e. The Kier molecular flexibility index (Phi) is 3.16. The van der Waals surface area contributed by atoms with Crippen molar-refractivity contribution in [3.8, 4) is 0 Å². The molecule has 0 amide bonds. The third-order valence-electron chi connectivity index (χ3n) is 2.78. The highest BCUT2D eigenvalue weighted by Gasteiger charge is 2.15. The van der Waals surface area contributed by atoms with Gasteiger partial charge in [-0.15, -0.1) is 0 Å². The lowest BCUT2D eigenvalue weighted by Crippen LogP contribution is -2.22. The lowest BCUT2D eigenvalue weighted by molar-refractivity contribution is 0.281. The van der Waals surface area contributed by atoms with E-state index in [-0.39, 0.29) is 12.6 Å². The van der Waals surface area contributed by atoms with Crippen LogP contribution in [0.1, 0.15) is 31.0 Å². The number of aryl methyl sites for hydroxylation is 1. The quantitative estimate of drug-likeness (QED) is 0.780. The molecule has 0 fully saturated rings. The van der Waals surface area contributed by atoms with Gasteiger partial charge in [-0.2, -0.15) is 0 Å². The number of nitrogens with one attached hydrogen (secondary N) is 1.